The van der Waals surface area contributed by atoms with Gasteiger partial charge in [-0.3, -0.25) is 0 Å². The molecular weight excluding hydrogens is 242 g/mol. The zero-order valence-corrected chi connectivity index (χ0v) is 10.7. The Morgan fingerprint density at radius 1 is 1.35 bits per heavy atom. The summed E-state index contributed by atoms with van der Waals surface area (Å²) in [6.07, 6.45) is 1.48. The van der Waals surface area contributed by atoms with E-state index in [4.69, 9.17) is 31.9 Å². The van der Waals surface area contributed by atoms with Crippen molar-refractivity contribution in [1.82, 2.24) is 0 Å². The number of hydrogen-bond donors (Lipinski definition) is 2. The van der Waals surface area contributed by atoms with Crippen molar-refractivity contribution in [3.8, 4) is 11.5 Å². The third-order valence-corrected chi connectivity index (χ3v) is 2.60. The molecule has 0 unspecified atom stereocenters. The first-order valence-electron chi connectivity index (χ1n) is 5.53. The van der Waals surface area contributed by atoms with Crippen LogP contribution in [0.5, 0.6) is 11.5 Å². The summed E-state index contributed by atoms with van der Waals surface area (Å²) in [5, 5.41) is 9.16. The van der Waals surface area contributed by atoms with Gasteiger partial charge in [-0.25, -0.2) is 0 Å². The highest BCUT2D eigenvalue weighted by Crippen LogP contribution is 2.36. The van der Waals surface area contributed by atoms with E-state index < -0.39 is 0 Å². The predicted molar refractivity (Wildman–Crippen MR) is 67.7 cm³/mol. The SMILES string of the molecule is COc1cc(CN)cc(Cl)c1OCCCCO. The van der Waals surface area contributed by atoms with Crippen LogP contribution < -0.4 is 15.2 Å². The molecule has 0 aliphatic rings. The molecule has 0 aliphatic heterocycles. The fourth-order valence-electron chi connectivity index (χ4n) is 1.42. The number of benzene rings is 1. The molecule has 17 heavy (non-hydrogen) atoms. The van der Waals surface area contributed by atoms with Crippen molar-refractivity contribution in [3.05, 3.63) is 22.7 Å². The standard InChI is InChI=1S/C12H18ClNO3/c1-16-11-7-9(8-14)6-10(13)12(11)17-5-3-2-4-15/h6-7,15H,2-5,8,14H2,1H3. The molecule has 0 radical (unpaired) electrons. The molecule has 1 aromatic rings. The fourth-order valence-corrected chi connectivity index (χ4v) is 1.71. The maximum Gasteiger partial charge on any atom is 0.179 e. The molecule has 0 fully saturated rings. The van der Waals surface area contributed by atoms with Gasteiger partial charge in [0.2, 0.25) is 0 Å². The monoisotopic (exact) mass is 259 g/mol. The van der Waals surface area contributed by atoms with Gasteiger partial charge in [0.05, 0.1) is 18.7 Å². The lowest BCUT2D eigenvalue weighted by Gasteiger charge is -2.13. The Kier molecular flexibility index (Phi) is 6.11. The molecule has 4 nitrogen and oxygen atoms in total. The average molecular weight is 260 g/mol. The van der Waals surface area contributed by atoms with Gasteiger partial charge in [-0.2, -0.15) is 0 Å². The van der Waals surface area contributed by atoms with Crippen molar-refractivity contribution < 1.29 is 14.6 Å². The fraction of sp³-hybridized carbons (Fsp3) is 0.500. The lowest BCUT2D eigenvalue weighted by molar-refractivity contribution is 0.247. The summed E-state index contributed by atoms with van der Waals surface area (Å²) in [4.78, 5) is 0. The number of rotatable bonds is 7. The number of nitrogens with two attached hydrogens (primary N) is 1. The Hall–Kier alpha value is -0.970. The highest BCUT2D eigenvalue weighted by Gasteiger charge is 2.11. The molecule has 0 bridgehead atoms. The van der Waals surface area contributed by atoms with Gasteiger partial charge in [0.1, 0.15) is 0 Å². The molecule has 0 spiro atoms. The Morgan fingerprint density at radius 2 is 2.12 bits per heavy atom. The minimum absolute atomic E-state index is 0.167. The highest BCUT2D eigenvalue weighted by atomic mass is 35.5. The Labute approximate surface area is 106 Å². The molecule has 3 N–H and O–H groups in total. The van der Waals surface area contributed by atoms with Gasteiger partial charge < -0.3 is 20.3 Å². The second kappa shape index (κ2) is 7.37. The third-order valence-electron chi connectivity index (χ3n) is 2.32. The number of aliphatic hydroxyl groups is 1. The maximum atomic E-state index is 8.67. The topological polar surface area (TPSA) is 64.7 Å². The van der Waals surface area contributed by atoms with Crippen molar-refractivity contribution in [1.29, 1.82) is 0 Å². The molecule has 0 atom stereocenters. The number of ether oxygens (including phenoxy) is 2. The van der Waals surface area contributed by atoms with E-state index in [-0.39, 0.29) is 6.61 Å². The van der Waals surface area contributed by atoms with Crippen LogP contribution in [0.2, 0.25) is 5.02 Å². The van der Waals surface area contributed by atoms with Gasteiger partial charge in [0.15, 0.2) is 11.5 Å². The molecule has 96 valence electrons. The zero-order valence-electron chi connectivity index (χ0n) is 9.91. The van der Waals surface area contributed by atoms with Crippen molar-refractivity contribution in [2.45, 2.75) is 19.4 Å². The van der Waals surface area contributed by atoms with E-state index >= 15 is 0 Å². The van der Waals surface area contributed by atoms with Gasteiger partial charge in [-0.1, -0.05) is 11.6 Å². The molecule has 5 heteroatoms. The molecule has 1 rings (SSSR count). The molecular formula is C12H18ClNO3. The maximum absolute atomic E-state index is 8.67. The Balaban J connectivity index is 2.75. The van der Waals surface area contributed by atoms with E-state index in [2.05, 4.69) is 0 Å². The predicted octanol–water partition coefficient (Wildman–Crippen LogP) is 1.96. The summed E-state index contributed by atoms with van der Waals surface area (Å²) in [7, 11) is 1.56. The van der Waals surface area contributed by atoms with Crippen molar-refractivity contribution in [2.75, 3.05) is 20.3 Å². The number of unbranched alkanes of at least 4 members (excludes halogenated alkanes) is 1. The van der Waals surface area contributed by atoms with Crippen LogP contribution >= 0.6 is 11.6 Å². The average Bonchev–Trinajstić information content (AvgIpc) is 2.35. The van der Waals surface area contributed by atoms with E-state index in [9.17, 15) is 0 Å². The summed E-state index contributed by atoms with van der Waals surface area (Å²) in [6.45, 7) is 1.07. The molecule has 0 saturated heterocycles. The lowest BCUT2D eigenvalue weighted by atomic mass is 10.2. The first-order valence-corrected chi connectivity index (χ1v) is 5.90. The van der Waals surface area contributed by atoms with Gasteiger partial charge in [-0.05, 0) is 30.5 Å². The minimum atomic E-state index is 0.167. The smallest absolute Gasteiger partial charge is 0.179 e. The van der Waals surface area contributed by atoms with Crippen LogP contribution in [0.3, 0.4) is 0 Å². The van der Waals surface area contributed by atoms with Crippen LogP contribution in [-0.2, 0) is 6.54 Å². The number of methoxy groups -OCH3 is 1. The molecule has 0 saturated carbocycles. The van der Waals surface area contributed by atoms with Gasteiger partial charge >= 0.3 is 0 Å². The highest BCUT2D eigenvalue weighted by molar-refractivity contribution is 6.32. The summed E-state index contributed by atoms with van der Waals surface area (Å²) < 4.78 is 10.8. The van der Waals surface area contributed by atoms with Gasteiger partial charge in [-0.15, -0.1) is 0 Å². The van der Waals surface area contributed by atoms with E-state index in [0.29, 0.717) is 36.1 Å². The second-order valence-corrected chi connectivity index (χ2v) is 4.00. The van der Waals surface area contributed by atoms with Crippen molar-refractivity contribution in [2.24, 2.45) is 5.73 Å². The van der Waals surface area contributed by atoms with Crippen LogP contribution in [0.4, 0.5) is 0 Å². The van der Waals surface area contributed by atoms with E-state index in [1.165, 1.54) is 0 Å². The van der Waals surface area contributed by atoms with Crippen LogP contribution in [0.1, 0.15) is 18.4 Å². The Bertz CT molecular complexity index is 358. The molecule has 0 aliphatic carbocycles. The number of halogens is 1. The van der Waals surface area contributed by atoms with Crippen LogP contribution in [-0.4, -0.2) is 25.4 Å². The van der Waals surface area contributed by atoms with E-state index in [0.717, 1.165) is 12.0 Å². The van der Waals surface area contributed by atoms with Crippen LogP contribution in [0.15, 0.2) is 12.1 Å². The van der Waals surface area contributed by atoms with E-state index in [1.54, 1.807) is 13.2 Å². The van der Waals surface area contributed by atoms with Crippen LogP contribution in [0, 0.1) is 0 Å². The molecule has 1 aromatic carbocycles. The quantitative estimate of drug-likeness (QED) is 0.735. The Morgan fingerprint density at radius 3 is 2.71 bits per heavy atom. The van der Waals surface area contributed by atoms with Crippen molar-refractivity contribution in [3.63, 3.8) is 0 Å². The summed E-state index contributed by atoms with van der Waals surface area (Å²) in [5.74, 6) is 1.12. The normalized spacial score (nSPS) is 10.4. The lowest BCUT2D eigenvalue weighted by Crippen LogP contribution is -2.03. The first-order chi connectivity index (χ1) is 8.22. The largest absolute Gasteiger partial charge is 0.493 e. The number of hydrogen-bond acceptors (Lipinski definition) is 4. The minimum Gasteiger partial charge on any atom is -0.493 e. The molecule has 0 heterocycles. The summed E-state index contributed by atoms with van der Waals surface area (Å²) in [6, 6.07) is 3.58. The third kappa shape index (κ3) is 4.07. The summed E-state index contributed by atoms with van der Waals surface area (Å²) in [5.41, 5.74) is 6.45. The zero-order chi connectivity index (χ0) is 12.7. The van der Waals surface area contributed by atoms with Gasteiger partial charge in [0, 0.05) is 13.2 Å². The summed E-state index contributed by atoms with van der Waals surface area (Å²) >= 11 is 6.09. The molecule has 0 aromatic heterocycles. The second-order valence-electron chi connectivity index (χ2n) is 3.59. The van der Waals surface area contributed by atoms with Gasteiger partial charge in [0.25, 0.3) is 0 Å². The van der Waals surface area contributed by atoms with Crippen molar-refractivity contribution >= 4 is 11.6 Å². The first kappa shape index (κ1) is 14.1. The van der Waals surface area contributed by atoms with E-state index in [1.807, 2.05) is 6.07 Å². The molecule has 0 amide bonds. The van der Waals surface area contributed by atoms with Crippen LogP contribution in [0.25, 0.3) is 0 Å². The number of aliphatic hydroxyl groups excluding tert-OH is 1.